The molecule has 0 radical (unpaired) electrons. The first-order chi connectivity index (χ1) is 7.57. The third-order valence-corrected chi connectivity index (χ3v) is 2.82. The van der Waals surface area contributed by atoms with Gasteiger partial charge in [-0.25, -0.2) is 0 Å². The zero-order chi connectivity index (χ0) is 12.4. The number of aliphatic hydroxyl groups excluding tert-OH is 1. The van der Waals surface area contributed by atoms with E-state index in [4.69, 9.17) is 4.74 Å². The average Bonchev–Trinajstić information content (AvgIpc) is 2.23. The van der Waals surface area contributed by atoms with Gasteiger partial charge in [0.05, 0.1) is 19.1 Å². The van der Waals surface area contributed by atoms with E-state index < -0.39 is 6.10 Å². The molecule has 0 aliphatic heterocycles. The minimum absolute atomic E-state index is 0.0207. The smallest absolute Gasteiger partial charge is 0.306 e. The monoisotopic (exact) mass is 230 g/mol. The Kier molecular flexibility index (Phi) is 9.30. The Bertz CT molecular complexity index is 178. The number of hydrogen-bond donors (Lipinski definition) is 1. The summed E-state index contributed by atoms with van der Waals surface area (Å²) in [5.41, 5.74) is 0. The summed E-state index contributed by atoms with van der Waals surface area (Å²) in [5.74, 6) is -0.212. The van der Waals surface area contributed by atoms with Crippen LogP contribution in [0.5, 0.6) is 0 Å². The maximum Gasteiger partial charge on any atom is 0.306 e. The molecule has 0 aromatic heterocycles. The number of ether oxygens (including phenoxy) is 1. The van der Waals surface area contributed by atoms with E-state index in [1.807, 2.05) is 6.92 Å². The lowest BCUT2D eigenvalue weighted by molar-refractivity contribution is -0.145. The van der Waals surface area contributed by atoms with Gasteiger partial charge in [-0.05, 0) is 19.3 Å². The molecule has 2 atom stereocenters. The summed E-state index contributed by atoms with van der Waals surface area (Å²) in [7, 11) is 0. The summed E-state index contributed by atoms with van der Waals surface area (Å²) in [6, 6.07) is 0. The second-order valence-electron chi connectivity index (χ2n) is 4.56. The number of rotatable bonds is 9. The van der Waals surface area contributed by atoms with Crippen LogP contribution in [0.25, 0.3) is 0 Å². The fourth-order valence-electron chi connectivity index (χ4n) is 1.38. The number of carbonyl (C=O) groups excluding carboxylic acids is 1. The van der Waals surface area contributed by atoms with Crippen molar-refractivity contribution in [2.75, 3.05) is 6.61 Å². The van der Waals surface area contributed by atoms with Crippen LogP contribution in [-0.4, -0.2) is 23.8 Å². The van der Waals surface area contributed by atoms with Crippen molar-refractivity contribution in [1.29, 1.82) is 0 Å². The van der Waals surface area contributed by atoms with Gasteiger partial charge in [-0.1, -0.05) is 39.5 Å². The fraction of sp³-hybridized carbons (Fsp3) is 0.923. The lowest BCUT2D eigenvalue weighted by Gasteiger charge is -2.13. The van der Waals surface area contributed by atoms with E-state index in [-0.39, 0.29) is 11.9 Å². The molecule has 0 aliphatic rings. The van der Waals surface area contributed by atoms with Crippen LogP contribution in [0.2, 0.25) is 0 Å². The Morgan fingerprint density at radius 1 is 1.19 bits per heavy atom. The average molecular weight is 230 g/mol. The van der Waals surface area contributed by atoms with Crippen LogP contribution in [0.4, 0.5) is 0 Å². The number of esters is 1. The lowest BCUT2D eigenvalue weighted by atomic mass is 10.0. The highest BCUT2D eigenvalue weighted by Gasteiger charge is 2.14. The van der Waals surface area contributed by atoms with Crippen LogP contribution in [0.3, 0.4) is 0 Å². The highest BCUT2D eigenvalue weighted by Crippen LogP contribution is 2.09. The molecular formula is C13H26O3. The van der Waals surface area contributed by atoms with E-state index in [9.17, 15) is 9.90 Å². The van der Waals surface area contributed by atoms with Gasteiger partial charge in [-0.15, -0.1) is 0 Å². The van der Waals surface area contributed by atoms with Crippen molar-refractivity contribution in [1.82, 2.24) is 0 Å². The highest BCUT2D eigenvalue weighted by atomic mass is 16.5. The van der Waals surface area contributed by atoms with E-state index in [1.54, 1.807) is 6.92 Å². The highest BCUT2D eigenvalue weighted by molar-refractivity contribution is 5.69. The molecule has 0 aliphatic carbocycles. The summed E-state index contributed by atoms with van der Waals surface area (Å²) in [6.45, 7) is 6.25. The van der Waals surface area contributed by atoms with Gasteiger partial charge in [0, 0.05) is 0 Å². The van der Waals surface area contributed by atoms with E-state index in [1.165, 1.54) is 19.3 Å². The van der Waals surface area contributed by atoms with Crippen LogP contribution >= 0.6 is 0 Å². The summed E-state index contributed by atoms with van der Waals surface area (Å²) in [6.07, 6.45) is 5.66. The van der Waals surface area contributed by atoms with Gasteiger partial charge in [-0.2, -0.15) is 0 Å². The van der Waals surface area contributed by atoms with Gasteiger partial charge < -0.3 is 9.84 Å². The van der Waals surface area contributed by atoms with Crippen molar-refractivity contribution in [3.05, 3.63) is 0 Å². The van der Waals surface area contributed by atoms with Gasteiger partial charge in [0.25, 0.3) is 0 Å². The van der Waals surface area contributed by atoms with Crippen molar-refractivity contribution in [2.24, 2.45) is 5.92 Å². The first-order valence-corrected chi connectivity index (χ1v) is 6.41. The molecule has 0 aromatic carbocycles. The Morgan fingerprint density at radius 3 is 2.38 bits per heavy atom. The second-order valence-corrected chi connectivity index (χ2v) is 4.56. The van der Waals surface area contributed by atoms with Crippen molar-refractivity contribution in [2.45, 2.75) is 65.4 Å². The molecule has 0 amide bonds. The Labute approximate surface area is 99.2 Å². The van der Waals surface area contributed by atoms with Gasteiger partial charge in [0.2, 0.25) is 0 Å². The van der Waals surface area contributed by atoms with Crippen molar-refractivity contribution < 1.29 is 14.6 Å². The normalized spacial score (nSPS) is 14.5. The van der Waals surface area contributed by atoms with Gasteiger partial charge in [0.1, 0.15) is 0 Å². The molecule has 0 aromatic rings. The van der Waals surface area contributed by atoms with Crippen LogP contribution in [0.15, 0.2) is 0 Å². The maximum absolute atomic E-state index is 11.3. The summed E-state index contributed by atoms with van der Waals surface area (Å²) >= 11 is 0. The molecule has 0 heterocycles. The van der Waals surface area contributed by atoms with Gasteiger partial charge in [0.15, 0.2) is 0 Å². The molecule has 0 rings (SSSR count). The molecular weight excluding hydrogens is 204 g/mol. The predicted molar refractivity (Wildman–Crippen MR) is 65.2 cm³/mol. The van der Waals surface area contributed by atoms with E-state index in [2.05, 4.69) is 6.92 Å². The summed E-state index contributed by atoms with van der Waals surface area (Å²) in [5, 5.41) is 9.23. The summed E-state index contributed by atoms with van der Waals surface area (Å²) in [4.78, 5) is 11.3. The SMILES string of the molecule is CCCCCCCOC(=O)CC(C)C(C)O. The Balaban J connectivity index is 3.37. The molecule has 0 spiro atoms. The molecule has 0 saturated heterocycles. The first-order valence-electron chi connectivity index (χ1n) is 6.41. The summed E-state index contributed by atoms with van der Waals surface area (Å²) < 4.78 is 5.09. The topological polar surface area (TPSA) is 46.5 Å². The number of carbonyl (C=O) groups is 1. The van der Waals surface area contributed by atoms with Crippen molar-refractivity contribution in [3.8, 4) is 0 Å². The molecule has 96 valence electrons. The molecule has 0 bridgehead atoms. The number of unbranched alkanes of at least 4 members (excludes halogenated alkanes) is 4. The molecule has 16 heavy (non-hydrogen) atoms. The quantitative estimate of drug-likeness (QED) is 0.489. The van der Waals surface area contributed by atoms with E-state index in [0.29, 0.717) is 13.0 Å². The molecule has 3 nitrogen and oxygen atoms in total. The minimum Gasteiger partial charge on any atom is -0.466 e. The molecule has 3 heteroatoms. The number of aliphatic hydroxyl groups is 1. The van der Waals surface area contributed by atoms with Crippen LogP contribution in [0.1, 0.15) is 59.3 Å². The molecule has 0 fully saturated rings. The zero-order valence-corrected chi connectivity index (χ0v) is 10.9. The van der Waals surface area contributed by atoms with Crippen LogP contribution < -0.4 is 0 Å². The minimum atomic E-state index is -0.447. The van der Waals surface area contributed by atoms with Crippen LogP contribution in [-0.2, 0) is 9.53 Å². The maximum atomic E-state index is 11.3. The van der Waals surface area contributed by atoms with Crippen molar-refractivity contribution in [3.63, 3.8) is 0 Å². The van der Waals surface area contributed by atoms with E-state index >= 15 is 0 Å². The molecule has 1 N–H and O–H groups in total. The Morgan fingerprint density at radius 2 is 1.81 bits per heavy atom. The van der Waals surface area contributed by atoms with Gasteiger partial charge >= 0.3 is 5.97 Å². The third kappa shape index (κ3) is 8.72. The van der Waals surface area contributed by atoms with Gasteiger partial charge in [-0.3, -0.25) is 4.79 Å². The first kappa shape index (κ1) is 15.4. The molecule has 2 unspecified atom stereocenters. The van der Waals surface area contributed by atoms with E-state index in [0.717, 1.165) is 12.8 Å². The second kappa shape index (κ2) is 9.64. The third-order valence-electron chi connectivity index (χ3n) is 2.82. The van der Waals surface area contributed by atoms with Crippen molar-refractivity contribution >= 4 is 5.97 Å². The lowest BCUT2D eigenvalue weighted by Crippen LogP contribution is -2.18. The zero-order valence-electron chi connectivity index (χ0n) is 10.9. The largest absolute Gasteiger partial charge is 0.466 e. The molecule has 0 saturated carbocycles. The standard InChI is InChI=1S/C13H26O3/c1-4-5-6-7-8-9-16-13(15)10-11(2)12(3)14/h11-12,14H,4-10H2,1-3H3. The van der Waals surface area contributed by atoms with Crippen LogP contribution in [0, 0.1) is 5.92 Å². The Hall–Kier alpha value is -0.570. The number of hydrogen-bond acceptors (Lipinski definition) is 3. The predicted octanol–water partition coefficient (Wildman–Crippen LogP) is 2.91. The fourth-order valence-corrected chi connectivity index (χ4v) is 1.38.